The van der Waals surface area contributed by atoms with E-state index < -0.39 is 6.03 Å². The number of nitrogens with one attached hydrogen (secondary N) is 1. The smallest absolute Gasteiger partial charge is 0.287 e. The number of imide groups is 1. The van der Waals surface area contributed by atoms with Gasteiger partial charge in [-0.15, -0.1) is 0 Å². The molecule has 0 aliphatic rings. The van der Waals surface area contributed by atoms with Gasteiger partial charge in [0.15, 0.2) is 0 Å². The molecule has 6 heteroatoms. The third kappa shape index (κ3) is 2.92. The van der Waals surface area contributed by atoms with Crippen LogP contribution >= 0.6 is 22.6 Å². The number of rotatable bonds is 2. The summed E-state index contributed by atoms with van der Waals surface area (Å²) in [7, 11) is 0. The Labute approximate surface area is 107 Å². The predicted octanol–water partition coefficient (Wildman–Crippen LogP) is 2.13. The number of urea groups is 1. The zero-order valence-corrected chi connectivity index (χ0v) is 10.8. The highest BCUT2D eigenvalue weighted by Crippen LogP contribution is 2.17. The normalized spacial score (nSPS) is 9.69. The van der Waals surface area contributed by atoms with Gasteiger partial charge in [-0.25, -0.2) is 15.2 Å². The molecule has 3 amide bonds. The number of carbonyl (C=O) groups is 2. The van der Waals surface area contributed by atoms with Crippen molar-refractivity contribution in [2.24, 2.45) is 0 Å². The second-order valence-corrected chi connectivity index (χ2v) is 4.22. The lowest BCUT2D eigenvalue weighted by atomic mass is 10.3. The number of hydroxylamine groups is 1. The fourth-order valence-electron chi connectivity index (χ4n) is 1.17. The summed E-state index contributed by atoms with van der Waals surface area (Å²) in [6, 6.07) is 5.98. The number of carbonyl (C=O) groups excluding carboxylic acids is 2. The van der Waals surface area contributed by atoms with Crippen LogP contribution in [0.5, 0.6) is 0 Å². The lowest BCUT2D eigenvalue weighted by molar-refractivity contribution is -0.117. The van der Waals surface area contributed by atoms with Gasteiger partial charge in [-0.2, -0.15) is 0 Å². The van der Waals surface area contributed by atoms with Gasteiger partial charge in [0.1, 0.15) is 0 Å². The summed E-state index contributed by atoms with van der Waals surface area (Å²) in [5.74, 6) is -0.382. The average molecular weight is 334 g/mol. The van der Waals surface area contributed by atoms with E-state index in [0.29, 0.717) is 5.69 Å². The highest BCUT2D eigenvalue weighted by Gasteiger charge is 2.21. The first-order chi connectivity index (χ1) is 7.60. The Morgan fingerprint density at radius 1 is 1.38 bits per heavy atom. The van der Waals surface area contributed by atoms with E-state index >= 15 is 0 Å². The van der Waals surface area contributed by atoms with E-state index in [1.165, 1.54) is 5.48 Å². The Morgan fingerprint density at radius 2 is 1.94 bits per heavy atom. The van der Waals surface area contributed by atoms with Gasteiger partial charge in [-0.3, -0.25) is 10.0 Å². The molecule has 0 unspecified atom stereocenters. The molecule has 0 atom stereocenters. The number of benzene rings is 1. The van der Waals surface area contributed by atoms with Crippen molar-refractivity contribution in [1.29, 1.82) is 0 Å². The number of nitrogens with zero attached hydrogens (tertiary/aromatic N) is 1. The molecule has 0 radical (unpaired) electrons. The molecule has 2 N–H and O–H groups in total. The molecular formula is C10H11IN2O3. The maximum Gasteiger partial charge on any atom is 0.352 e. The van der Waals surface area contributed by atoms with Crippen molar-refractivity contribution < 1.29 is 14.8 Å². The SMILES string of the molecule is CCC(=O)N(C(=O)NO)c1ccc(I)cc1. The largest absolute Gasteiger partial charge is 0.352 e. The van der Waals surface area contributed by atoms with E-state index in [1.807, 2.05) is 0 Å². The summed E-state index contributed by atoms with van der Waals surface area (Å²) in [6.07, 6.45) is 0.180. The van der Waals surface area contributed by atoms with Gasteiger partial charge in [0.25, 0.3) is 0 Å². The first-order valence-electron chi connectivity index (χ1n) is 4.62. The summed E-state index contributed by atoms with van der Waals surface area (Å²) < 4.78 is 0.995. The van der Waals surface area contributed by atoms with E-state index in [4.69, 9.17) is 5.21 Å². The Hall–Kier alpha value is -1.15. The molecule has 0 aliphatic heterocycles. The van der Waals surface area contributed by atoms with Crippen molar-refractivity contribution >= 4 is 40.2 Å². The monoisotopic (exact) mass is 334 g/mol. The number of halogens is 1. The Kier molecular flexibility index (Phi) is 4.69. The number of amides is 3. The van der Waals surface area contributed by atoms with Crippen LogP contribution in [0.1, 0.15) is 13.3 Å². The zero-order chi connectivity index (χ0) is 12.1. The lowest BCUT2D eigenvalue weighted by Gasteiger charge is -2.19. The van der Waals surface area contributed by atoms with Crippen LogP contribution in [0, 0.1) is 3.57 Å². The lowest BCUT2D eigenvalue weighted by Crippen LogP contribution is -2.42. The van der Waals surface area contributed by atoms with Crippen LogP contribution in [-0.2, 0) is 4.79 Å². The minimum Gasteiger partial charge on any atom is -0.287 e. The van der Waals surface area contributed by atoms with Gasteiger partial charge in [0.2, 0.25) is 5.91 Å². The molecule has 0 spiro atoms. The molecule has 5 nitrogen and oxygen atoms in total. The minimum atomic E-state index is -0.854. The summed E-state index contributed by atoms with van der Waals surface area (Å²) >= 11 is 2.12. The van der Waals surface area contributed by atoms with Gasteiger partial charge in [-0.1, -0.05) is 6.92 Å². The molecule has 86 valence electrons. The van der Waals surface area contributed by atoms with Crippen molar-refractivity contribution in [2.75, 3.05) is 4.90 Å². The Balaban J connectivity index is 3.06. The highest BCUT2D eigenvalue weighted by atomic mass is 127. The molecule has 0 saturated heterocycles. The maximum absolute atomic E-state index is 11.5. The van der Waals surface area contributed by atoms with E-state index in [0.717, 1.165) is 8.47 Å². The van der Waals surface area contributed by atoms with Crippen molar-refractivity contribution in [2.45, 2.75) is 13.3 Å². The number of hydrogen-bond acceptors (Lipinski definition) is 3. The first-order valence-corrected chi connectivity index (χ1v) is 5.70. The standard InChI is InChI=1S/C10H11IN2O3/c1-2-9(14)13(10(15)12-16)8-5-3-7(11)4-6-8/h3-6,16H,2H2,1H3,(H,12,15). The molecule has 0 bridgehead atoms. The summed E-state index contributed by atoms with van der Waals surface area (Å²) in [5, 5.41) is 8.57. The van der Waals surface area contributed by atoms with Crippen LogP contribution in [0.4, 0.5) is 10.5 Å². The molecule has 16 heavy (non-hydrogen) atoms. The number of anilines is 1. The van der Waals surface area contributed by atoms with Crippen LogP contribution in [-0.4, -0.2) is 17.1 Å². The summed E-state index contributed by atoms with van der Waals surface area (Å²) in [6.45, 7) is 1.65. The third-order valence-corrected chi connectivity index (χ3v) is 2.65. The van der Waals surface area contributed by atoms with Crippen molar-refractivity contribution in [1.82, 2.24) is 5.48 Å². The minimum absolute atomic E-state index is 0.180. The topological polar surface area (TPSA) is 69.6 Å². The average Bonchev–Trinajstić information content (AvgIpc) is 2.31. The molecule has 0 fully saturated rings. The molecule has 0 saturated carbocycles. The van der Waals surface area contributed by atoms with Gasteiger partial charge in [0.05, 0.1) is 5.69 Å². The van der Waals surface area contributed by atoms with Crippen LogP contribution in [0.3, 0.4) is 0 Å². The maximum atomic E-state index is 11.5. The van der Waals surface area contributed by atoms with Crippen LogP contribution in [0.25, 0.3) is 0 Å². The zero-order valence-electron chi connectivity index (χ0n) is 8.61. The van der Waals surface area contributed by atoms with Gasteiger partial charge in [0, 0.05) is 9.99 Å². The van der Waals surface area contributed by atoms with Crippen LogP contribution < -0.4 is 10.4 Å². The first kappa shape index (κ1) is 12.9. The third-order valence-electron chi connectivity index (χ3n) is 1.94. The van der Waals surface area contributed by atoms with E-state index in [9.17, 15) is 9.59 Å². The molecule has 0 heterocycles. The van der Waals surface area contributed by atoms with Crippen LogP contribution in [0.2, 0.25) is 0 Å². The van der Waals surface area contributed by atoms with Crippen molar-refractivity contribution in [3.05, 3.63) is 27.8 Å². The van der Waals surface area contributed by atoms with Gasteiger partial charge >= 0.3 is 6.03 Å². The fraction of sp³-hybridized carbons (Fsp3) is 0.200. The molecular weight excluding hydrogens is 323 g/mol. The summed E-state index contributed by atoms with van der Waals surface area (Å²) in [5.41, 5.74) is 1.89. The highest BCUT2D eigenvalue weighted by molar-refractivity contribution is 14.1. The second-order valence-electron chi connectivity index (χ2n) is 2.98. The second kappa shape index (κ2) is 5.80. The molecule has 1 aromatic rings. The Morgan fingerprint density at radius 3 is 2.38 bits per heavy atom. The van der Waals surface area contributed by atoms with Gasteiger partial charge in [-0.05, 0) is 46.9 Å². The van der Waals surface area contributed by atoms with Crippen molar-refractivity contribution in [3.63, 3.8) is 0 Å². The quantitative estimate of drug-likeness (QED) is 0.495. The molecule has 0 aromatic heterocycles. The molecule has 1 rings (SSSR count). The summed E-state index contributed by atoms with van der Waals surface area (Å²) in [4.78, 5) is 23.8. The fourth-order valence-corrected chi connectivity index (χ4v) is 1.53. The van der Waals surface area contributed by atoms with Crippen LogP contribution in [0.15, 0.2) is 24.3 Å². The van der Waals surface area contributed by atoms with E-state index in [-0.39, 0.29) is 12.3 Å². The number of hydrogen-bond donors (Lipinski definition) is 2. The molecule has 1 aromatic carbocycles. The van der Waals surface area contributed by atoms with E-state index in [2.05, 4.69) is 22.6 Å². The predicted molar refractivity (Wildman–Crippen MR) is 67.3 cm³/mol. The van der Waals surface area contributed by atoms with E-state index in [1.54, 1.807) is 31.2 Å². The van der Waals surface area contributed by atoms with Gasteiger partial charge < -0.3 is 0 Å². The Bertz CT molecular complexity index is 376. The molecule has 0 aliphatic carbocycles. The van der Waals surface area contributed by atoms with Crippen molar-refractivity contribution in [3.8, 4) is 0 Å².